The number of benzene rings is 2. The Morgan fingerprint density at radius 3 is 2.76 bits per heavy atom. The maximum absolute atomic E-state index is 13.8. The summed E-state index contributed by atoms with van der Waals surface area (Å²) in [7, 11) is 0. The summed E-state index contributed by atoms with van der Waals surface area (Å²) in [6, 6.07) is 12.5. The highest BCUT2D eigenvalue weighted by atomic mass is 19.1. The van der Waals surface area contributed by atoms with Crippen LogP contribution in [0.1, 0.15) is 44.0 Å². The largest absolute Gasteiger partial charge is 0.450 e. The Bertz CT molecular complexity index is 1180. The Morgan fingerprint density at radius 1 is 1.21 bits per heavy atom. The predicted molar refractivity (Wildman–Crippen MR) is 127 cm³/mol. The molecule has 0 radical (unpaired) electrons. The average molecular weight is 452 g/mol. The molecule has 0 fully saturated rings. The van der Waals surface area contributed by atoms with Crippen molar-refractivity contribution in [2.75, 3.05) is 11.9 Å². The third-order valence-corrected chi connectivity index (χ3v) is 6.09. The van der Waals surface area contributed by atoms with Crippen LogP contribution in [0.4, 0.5) is 14.9 Å². The monoisotopic (exact) mass is 451 g/mol. The normalized spacial score (nSPS) is 15.4. The van der Waals surface area contributed by atoms with Crippen LogP contribution in [-0.4, -0.2) is 29.2 Å². The molecule has 2 aromatic carbocycles. The zero-order valence-electron chi connectivity index (χ0n) is 19.3. The maximum Gasteiger partial charge on any atom is 0.411 e. The number of anilines is 1. The Kier molecular flexibility index (Phi) is 6.67. The van der Waals surface area contributed by atoms with Crippen LogP contribution in [0.3, 0.4) is 0 Å². The third kappa shape index (κ3) is 5.02. The summed E-state index contributed by atoms with van der Waals surface area (Å²) in [5.74, 6) is -0.270. The second-order valence-electron chi connectivity index (χ2n) is 8.82. The van der Waals surface area contributed by atoms with E-state index < -0.39 is 6.09 Å². The van der Waals surface area contributed by atoms with E-state index in [1.165, 1.54) is 11.8 Å². The van der Waals surface area contributed by atoms with Crippen molar-refractivity contribution in [1.82, 2.24) is 9.88 Å². The van der Waals surface area contributed by atoms with Crippen LogP contribution in [0.15, 0.2) is 42.5 Å². The Labute approximate surface area is 193 Å². The summed E-state index contributed by atoms with van der Waals surface area (Å²) in [6.07, 6.45) is 1.87. The van der Waals surface area contributed by atoms with Crippen LogP contribution in [0.2, 0.25) is 0 Å². The molecule has 2 N–H and O–H groups in total. The summed E-state index contributed by atoms with van der Waals surface area (Å²) in [5, 5.41) is 6.97. The first kappa shape index (κ1) is 22.8. The van der Waals surface area contributed by atoms with Gasteiger partial charge in [-0.05, 0) is 67.6 Å². The zero-order chi connectivity index (χ0) is 23.5. The number of halogens is 1. The summed E-state index contributed by atoms with van der Waals surface area (Å²) in [4.78, 5) is 24.2. The van der Waals surface area contributed by atoms with Crippen molar-refractivity contribution in [1.29, 1.82) is 0 Å². The van der Waals surface area contributed by atoms with Gasteiger partial charge in [0.15, 0.2) is 0 Å². The first-order valence-corrected chi connectivity index (χ1v) is 11.5. The highest BCUT2D eigenvalue weighted by Crippen LogP contribution is 2.35. The standard InChI is InChI=1S/C26H30FN3O3/c1-4-33-26(32)29-20-9-11-24-22(14-20)21-13-19(28-25(31)16(2)3)8-10-23(21)30(24)15-17-6-5-7-18(27)12-17/h5-7,9,11-12,14,16,19H,4,8,10,13,15H2,1-3H3,(H,28,31)(H,29,32). The smallest absolute Gasteiger partial charge is 0.411 e. The minimum atomic E-state index is -0.494. The molecule has 1 aromatic heterocycles. The molecule has 0 spiro atoms. The molecule has 1 aliphatic carbocycles. The average Bonchev–Trinajstić information content (AvgIpc) is 3.06. The Balaban J connectivity index is 1.73. The van der Waals surface area contributed by atoms with E-state index in [0.29, 0.717) is 25.3 Å². The van der Waals surface area contributed by atoms with Gasteiger partial charge in [-0.2, -0.15) is 0 Å². The van der Waals surface area contributed by atoms with Crippen LogP contribution < -0.4 is 10.6 Å². The minimum Gasteiger partial charge on any atom is -0.450 e. The number of fused-ring (bicyclic) bond motifs is 3. The van der Waals surface area contributed by atoms with E-state index in [4.69, 9.17) is 4.74 Å². The number of hydrogen-bond donors (Lipinski definition) is 2. The number of amides is 2. The van der Waals surface area contributed by atoms with E-state index in [9.17, 15) is 14.0 Å². The molecule has 1 aliphatic rings. The highest BCUT2D eigenvalue weighted by molar-refractivity contribution is 5.93. The van der Waals surface area contributed by atoms with Gasteiger partial charge in [-0.1, -0.05) is 26.0 Å². The van der Waals surface area contributed by atoms with Gasteiger partial charge < -0.3 is 14.6 Å². The molecular formula is C26H30FN3O3. The van der Waals surface area contributed by atoms with Gasteiger partial charge in [-0.15, -0.1) is 0 Å². The molecule has 1 unspecified atom stereocenters. The lowest BCUT2D eigenvalue weighted by Crippen LogP contribution is -2.41. The first-order valence-electron chi connectivity index (χ1n) is 11.5. The molecule has 7 heteroatoms. The van der Waals surface area contributed by atoms with Gasteiger partial charge in [0.1, 0.15) is 5.82 Å². The lowest BCUT2D eigenvalue weighted by molar-refractivity contribution is -0.124. The molecule has 0 saturated carbocycles. The van der Waals surface area contributed by atoms with Crippen molar-refractivity contribution in [2.45, 2.75) is 52.6 Å². The SMILES string of the molecule is CCOC(=O)Nc1ccc2c(c1)c1c(n2Cc2cccc(F)c2)CCC(NC(=O)C(C)C)C1. The lowest BCUT2D eigenvalue weighted by Gasteiger charge is -2.26. The van der Waals surface area contributed by atoms with Gasteiger partial charge in [0, 0.05) is 40.8 Å². The fourth-order valence-electron chi connectivity index (χ4n) is 4.50. The van der Waals surface area contributed by atoms with Crippen molar-refractivity contribution >= 4 is 28.6 Å². The number of carbonyl (C=O) groups is 2. The van der Waals surface area contributed by atoms with Gasteiger partial charge in [0.2, 0.25) is 5.91 Å². The molecule has 4 rings (SSSR count). The van der Waals surface area contributed by atoms with Gasteiger partial charge in [0.05, 0.1) is 6.61 Å². The summed E-state index contributed by atoms with van der Waals surface area (Å²) < 4.78 is 21.1. The number of ether oxygens (including phenoxy) is 1. The second kappa shape index (κ2) is 9.65. The van der Waals surface area contributed by atoms with E-state index in [2.05, 4.69) is 15.2 Å². The molecule has 0 saturated heterocycles. The molecule has 6 nitrogen and oxygen atoms in total. The number of aromatic nitrogens is 1. The molecule has 0 aliphatic heterocycles. The van der Waals surface area contributed by atoms with Crippen LogP contribution in [0, 0.1) is 11.7 Å². The molecule has 174 valence electrons. The molecule has 3 aromatic rings. The Hall–Kier alpha value is -3.35. The van der Waals surface area contributed by atoms with E-state index >= 15 is 0 Å². The van der Waals surface area contributed by atoms with Crippen LogP contribution in [0.25, 0.3) is 10.9 Å². The summed E-state index contributed by atoms with van der Waals surface area (Å²) >= 11 is 0. The summed E-state index contributed by atoms with van der Waals surface area (Å²) in [6.45, 7) is 6.39. The summed E-state index contributed by atoms with van der Waals surface area (Å²) in [5.41, 5.74) is 4.92. The number of hydrogen-bond acceptors (Lipinski definition) is 3. The van der Waals surface area contributed by atoms with Crippen LogP contribution in [-0.2, 0) is 28.9 Å². The fourth-order valence-corrected chi connectivity index (χ4v) is 4.50. The second-order valence-corrected chi connectivity index (χ2v) is 8.82. The van der Waals surface area contributed by atoms with E-state index in [-0.39, 0.29) is 23.7 Å². The van der Waals surface area contributed by atoms with Crippen molar-refractivity contribution in [2.24, 2.45) is 5.92 Å². The van der Waals surface area contributed by atoms with Gasteiger partial charge >= 0.3 is 6.09 Å². The molecule has 1 atom stereocenters. The third-order valence-electron chi connectivity index (χ3n) is 6.09. The number of nitrogens with one attached hydrogen (secondary N) is 2. The zero-order valence-corrected chi connectivity index (χ0v) is 19.3. The quantitative estimate of drug-likeness (QED) is 0.552. The first-order chi connectivity index (χ1) is 15.9. The predicted octanol–water partition coefficient (Wildman–Crippen LogP) is 5.03. The van der Waals surface area contributed by atoms with Crippen LogP contribution in [0.5, 0.6) is 0 Å². The van der Waals surface area contributed by atoms with E-state index in [1.54, 1.807) is 19.1 Å². The molecule has 2 amide bonds. The van der Waals surface area contributed by atoms with Crippen molar-refractivity contribution in [3.8, 4) is 0 Å². The molecule has 0 bridgehead atoms. The number of carbonyl (C=O) groups excluding carboxylic acids is 2. The topological polar surface area (TPSA) is 72.4 Å². The lowest BCUT2D eigenvalue weighted by atomic mass is 9.91. The molecule has 33 heavy (non-hydrogen) atoms. The minimum absolute atomic E-state index is 0.0524. The van der Waals surface area contributed by atoms with Crippen molar-refractivity contribution in [3.05, 3.63) is 65.1 Å². The fraction of sp³-hybridized carbons (Fsp3) is 0.385. The van der Waals surface area contributed by atoms with Gasteiger partial charge in [-0.25, -0.2) is 9.18 Å². The van der Waals surface area contributed by atoms with Crippen LogP contribution >= 0.6 is 0 Å². The van der Waals surface area contributed by atoms with Gasteiger partial charge in [0.25, 0.3) is 0 Å². The van der Waals surface area contributed by atoms with Crippen molar-refractivity contribution in [3.63, 3.8) is 0 Å². The van der Waals surface area contributed by atoms with Gasteiger partial charge in [-0.3, -0.25) is 10.1 Å². The maximum atomic E-state index is 13.8. The number of rotatable bonds is 6. The van der Waals surface area contributed by atoms with E-state index in [0.717, 1.165) is 34.9 Å². The van der Waals surface area contributed by atoms with Crippen molar-refractivity contribution < 1.29 is 18.7 Å². The highest BCUT2D eigenvalue weighted by Gasteiger charge is 2.27. The molecular weight excluding hydrogens is 421 g/mol. The van der Waals surface area contributed by atoms with E-state index in [1.807, 2.05) is 38.1 Å². The number of nitrogens with zero attached hydrogens (tertiary/aromatic N) is 1. The Morgan fingerprint density at radius 2 is 2.03 bits per heavy atom. The molecule has 1 heterocycles.